The molecule has 1 aromatic rings. The number of hydrogen-bond acceptors (Lipinski definition) is 5. The van der Waals surface area contributed by atoms with Gasteiger partial charge in [-0.15, -0.1) is 0 Å². The second-order valence-corrected chi connectivity index (χ2v) is 4.19. The molecule has 0 amide bonds. The summed E-state index contributed by atoms with van der Waals surface area (Å²) in [5, 5.41) is 9.74. The van der Waals surface area contributed by atoms with Gasteiger partial charge in [0.15, 0.2) is 5.78 Å². The lowest BCUT2D eigenvalue weighted by Crippen LogP contribution is -2.27. The smallest absolute Gasteiger partial charge is 0.309 e. The van der Waals surface area contributed by atoms with Gasteiger partial charge in [-0.25, -0.2) is 0 Å². The van der Waals surface area contributed by atoms with Crippen LogP contribution < -0.4 is 4.74 Å². The van der Waals surface area contributed by atoms with Crippen LogP contribution in [0.5, 0.6) is 11.5 Å². The number of ketones is 1. The number of aromatic hydroxyl groups is 1. The fraction of sp³-hybridized carbons (Fsp3) is 0.385. The maximum absolute atomic E-state index is 12.0. The molecule has 0 fully saturated rings. The SMILES string of the molecule is COC(=O)C1CC(=O)c2c(O)ccc(OC)c2C1. The zero-order chi connectivity index (χ0) is 13.3. The number of carbonyl (C=O) groups is 2. The van der Waals surface area contributed by atoms with Crippen LogP contribution in [-0.4, -0.2) is 31.1 Å². The van der Waals surface area contributed by atoms with E-state index in [-0.39, 0.29) is 23.5 Å². The Hall–Kier alpha value is -2.04. The first-order chi connectivity index (χ1) is 8.58. The van der Waals surface area contributed by atoms with Gasteiger partial charge in [0, 0.05) is 12.0 Å². The zero-order valence-electron chi connectivity index (χ0n) is 10.2. The molecule has 18 heavy (non-hydrogen) atoms. The van der Waals surface area contributed by atoms with Crippen LogP contribution in [-0.2, 0) is 16.0 Å². The maximum atomic E-state index is 12.0. The maximum Gasteiger partial charge on any atom is 0.309 e. The Labute approximate surface area is 104 Å². The standard InChI is InChI=1S/C13H14O5/c1-17-11-4-3-9(14)12-8(11)5-7(6-10(12)15)13(16)18-2/h3-4,7,14H,5-6H2,1-2H3. The van der Waals surface area contributed by atoms with Crippen LogP contribution in [0.4, 0.5) is 0 Å². The van der Waals surface area contributed by atoms with E-state index in [1.165, 1.54) is 20.3 Å². The van der Waals surface area contributed by atoms with E-state index in [9.17, 15) is 14.7 Å². The summed E-state index contributed by atoms with van der Waals surface area (Å²) >= 11 is 0. The Balaban J connectivity index is 2.48. The third-order valence-corrected chi connectivity index (χ3v) is 3.16. The number of phenolic OH excluding ortho intramolecular Hbond substituents is 1. The topological polar surface area (TPSA) is 72.8 Å². The molecule has 5 nitrogen and oxygen atoms in total. The minimum absolute atomic E-state index is 0.0560. The number of esters is 1. The number of carbonyl (C=O) groups excluding carboxylic acids is 2. The number of rotatable bonds is 2. The highest BCUT2D eigenvalue weighted by Gasteiger charge is 2.34. The molecule has 2 rings (SSSR count). The molecule has 1 aliphatic rings. The summed E-state index contributed by atoms with van der Waals surface area (Å²) in [6.45, 7) is 0. The van der Waals surface area contributed by atoms with Crippen LogP contribution in [0.3, 0.4) is 0 Å². The summed E-state index contributed by atoms with van der Waals surface area (Å²) in [5.41, 5.74) is 0.832. The van der Waals surface area contributed by atoms with Crippen LogP contribution in [0, 0.1) is 5.92 Å². The van der Waals surface area contributed by atoms with E-state index in [2.05, 4.69) is 4.74 Å². The number of ether oxygens (including phenoxy) is 2. The molecule has 0 radical (unpaired) electrons. The minimum atomic E-state index is -0.509. The van der Waals surface area contributed by atoms with E-state index in [0.717, 1.165) is 0 Å². The molecule has 5 heteroatoms. The lowest BCUT2D eigenvalue weighted by atomic mass is 9.82. The molecule has 1 atom stereocenters. The van der Waals surface area contributed by atoms with Crippen LogP contribution in [0.2, 0.25) is 0 Å². The Morgan fingerprint density at radius 3 is 2.67 bits per heavy atom. The number of Topliss-reactive ketones (excluding diaryl/α,β-unsaturated/α-hetero) is 1. The number of hydrogen-bond donors (Lipinski definition) is 1. The highest BCUT2D eigenvalue weighted by atomic mass is 16.5. The van der Waals surface area contributed by atoms with Gasteiger partial charge in [-0.1, -0.05) is 0 Å². The summed E-state index contributed by atoms with van der Waals surface area (Å²) in [4.78, 5) is 23.5. The number of benzene rings is 1. The Morgan fingerprint density at radius 2 is 2.06 bits per heavy atom. The molecule has 1 aromatic carbocycles. The van der Waals surface area contributed by atoms with E-state index >= 15 is 0 Å². The average molecular weight is 250 g/mol. The molecule has 1 unspecified atom stereocenters. The Kier molecular flexibility index (Phi) is 3.23. The van der Waals surface area contributed by atoms with Crippen molar-refractivity contribution in [2.75, 3.05) is 14.2 Å². The third kappa shape index (κ3) is 1.92. The highest BCUT2D eigenvalue weighted by molar-refractivity contribution is 6.03. The zero-order valence-corrected chi connectivity index (χ0v) is 10.2. The predicted octanol–water partition coefficient (Wildman–Crippen LogP) is 1.32. The highest BCUT2D eigenvalue weighted by Crippen LogP contribution is 2.37. The van der Waals surface area contributed by atoms with Crippen LogP contribution in [0.15, 0.2) is 12.1 Å². The number of methoxy groups -OCH3 is 2. The molecule has 0 bridgehead atoms. The van der Waals surface area contributed by atoms with Gasteiger partial charge in [0.1, 0.15) is 11.5 Å². The second-order valence-electron chi connectivity index (χ2n) is 4.19. The molecule has 0 aliphatic heterocycles. The first kappa shape index (κ1) is 12.4. The summed E-state index contributed by atoms with van der Waals surface area (Å²) in [5.74, 6) is -0.753. The predicted molar refractivity (Wildman–Crippen MR) is 62.8 cm³/mol. The van der Waals surface area contributed by atoms with Crippen molar-refractivity contribution in [3.05, 3.63) is 23.3 Å². The van der Waals surface area contributed by atoms with Gasteiger partial charge >= 0.3 is 5.97 Å². The molecule has 0 heterocycles. The molecule has 96 valence electrons. The lowest BCUT2D eigenvalue weighted by molar-refractivity contribution is -0.145. The molecule has 0 spiro atoms. The van der Waals surface area contributed by atoms with E-state index in [1.807, 2.05) is 0 Å². The molecular formula is C13H14O5. The first-order valence-electron chi connectivity index (χ1n) is 5.58. The average Bonchev–Trinajstić information content (AvgIpc) is 2.37. The largest absolute Gasteiger partial charge is 0.507 e. The molecular weight excluding hydrogens is 236 g/mol. The molecule has 0 saturated carbocycles. The van der Waals surface area contributed by atoms with Gasteiger partial charge in [0.2, 0.25) is 0 Å². The monoisotopic (exact) mass is 250 g/mol. The van der Waals surface area contributed by atoms with Crippen LogP contribution in [0.1, 0.15) is 22.3 Å². The van der Waals surface area contributed by atoms with Crippen molar-refractivity contribution in [3.8, 4) is 11.5 Å². The summed E-state index contributed by atoms with van der Waals surface area (Å²) in [6, 6.07) is 3.01. The minimum Gasteiger partial charge on any atom is -0.507 e. The molecule has 1 aliphatic carbocycles. The summed E-state index contributed by atoms with van der Waals surface area (Å²) in [6.07, 6.45) is 0.395. The van der Waals surface area contributed by atoms with Crippen molar-refractivity contribution in [2.45, 2.75) is 12.8 Å². The van der Waals surface area contributed by atoms with E-state index in [4.69, 9.17) is 4.74 Å². The quantitative estimate of drug-likeness (QED) is 0.801. The third-order valence-electron chi connectivity index (χ3n) is 3.16. The number of fused-ring (bicyclic) bond motifs is 1. The van der Waals surface area contributed by atoms with Crippen molar-refractivity contribution >= 4 is 11.8 Å². The Bertz CT molecular complexity index is 506. The first-order valence-corrected chi connectivity index (χ1v) is 5.58. The van der Waals surface area contributed by atoms with Crippen molar-refractivity contribution in [1.82, 2.24) is 0 Å². The van der Waals surface area contributed by atoms with E-state index in [0.29, 0.717) is 17.7 Å². The van der Waals surface area contributed by atoms with Gasteiger partial charge in [-0.05, 0) is 18.6 Å². The number of phenols is 1. The fourth-order valence-corrected chi connectivity index (χ4v) is 2.30. The van der Waals surface area contributed by atoms with E-state index in [1.54, 1.807) is 6.07 Å². The van der Waals surface area contributed by atoms with Crippen molar-refractivity contribution < 1.29 is 24.2 Å². The van der Waals surface area contributed by atoms with Gasteiger partial charge in [0.05, 0.1) is 25.7 Å². The lowest BCUT2D eigenvalue weighted by Gasteiger charge is -2.24. The van der Waals surface area contributed by atoms with Crippen LogP contribution >= 0.6 is 0 Å². The van der Waals surface area contributed by atoms with Gasteiger partial charge in [-0.3, -0.25) is 9.59 Å². The van der Waals surface area contributed by atoms with Crippen molar-refractivity contribution in [2.24, 2.45) is 5.92 Å². The van der Waals surface area contributed by atoms with Gasteiger partial charge < -0.3 is 14.6 Å². The summed E-state index contributed by atoms with van der Waals surface area (Å²) in [7, 11) is 2.78. The Morgan fingerprint density at radius 1 is 1.33 bits per heavy atom. The van der Waals surface area contributed by atoms with Crippen LogP contribution in [0.25, 0.3) is 0 Å². The molecule has 0 saturated heterocycles. The normalized spacial score (nSPS) is 18.1. The van der Waals surface area contributed by atoms with E-state index < -0.39 is 11.9 Å². The fourth-order valence-electron chi connectivity index (χ4n) is 2.30. The second kappa shape index (κ2) is 4.68. The van der Waals surface area contributed by atoms with Crippen molar-refractivity contribution in [3.63, 3.8) is 0 Å². The van der Waals surface area contributed by atoms with Gasteiger partial charge in [0.25, 0.3) is 0 Å². The van der Waals surface area contributed by atoms with Gasteiger partial charge in [-0.2, -0.15) is 0 Å². The van der Waals surface area contributed by atoms with Crippen molar-refractivity contribution in [1.29, 1.82) is 0 Å². The summed E-state index contributed by atoms with van der Waals surface area (Å²) < 4.78 is 9.82. The molecule has 0 aromatic heterocycles. The molecule has 1 N–H and O–H groups in total.